The van der Waals surface area contributed by atoms with Crippen molar-refractivity contribution in [1.82, 2.24) is 9.97 Å². The van der Waals surface area contributed by atoms with Crippen LogP contribution in [0, 0.1) is 12.1 Å². The first-order chi connectivity index (χ1) is 22.9. The van der Waals surface area contributed by atoms with Gasteiger partial charge in [-0.15, -0.1) is 59.7 Å². The number of aromatic nitrogens is 2. The molecule has 0 N–H and O–H groups in total. The predicted octanol–water partition coefficient (Wildman–Crippen LogP) is 11.3. The second kappa shape index (κ2) is 15.2. The SMILES string of the molecule is CC(C)c1ccnc(-c2[c-]ccc3c2sc2cc(-c4ccc([Si](C)(C)C)cc4)ccc23)c1.C[Si](C)(C)c1ccc(-c2[c-]cccc2)nc1.[Ir]. The number of hydrogen-bond acceptors (Lipinski definition) is 3. The Labute approximate surface area is 312 Å². The van der Waals surface area contributed by atoms with E-state index in [0.29, 0.717) is 5.92 Å². The van der Waals surface area contributed by atoms with Crippen molar-refractivity contribution < 1.29 is 20.1 Å². The number of rotatable bonds is 6. The maximum atomic E-state index is 4.68. The first kappa shape index (κ1) is 36.8. The van der Waals surface area contributed by atoms with Crippen LogP contribution in [-0.4, -0.2) is 26.1 Å². The van der Waals surface area contributed by atoms with Crippen LogP contribution in [0.5, 0.6) is 0 Å². The van der Waals surface area contributed by atoms with Gasteiger partial charge in [0.1, 0.15) is 0 Å². The van der Waals surface area contributed by atoms with Gasteiger partial charge in [-0.2, -0.15) is 11.3 Å². The topological polar surface area (TPSA) is 25.8 Å². The van der Waals surface area contributed by atoms with Crippen molar-refractivity contribution in [2.24, 2.45) is 0 Å². The molecule has 7 rings (SSSR count). The van der Waals surface area contributed by atoms with Gasteiger partial charge >= 0.3 is 0 Å². The first-order valence-corrected chi connectivity index (χ1v) is 24.6. The molecule has 3 aromatic heterocycles. The largest absolute Gasteiger partial charge is 0.305 e. The van der Waals surface area contributed by atoms with Gasteiger partial charge in [-0.05, 0) is 55.8 Å². The zero-order valence-electron chi connectivity index (χ0n) is 29.7. The zero-order valence-corrected chi connectivity index (χ0v) is 34.9. The summed E-state index contributed by atoms with van der Waals surface area (Å²) < 4.78 is 2.58. The average Bonchev–Trinajstić information content (AvgIpc) is 3.46. The van der Waals surface area contributed by atoms with Gasteiger partial charge in [-0.25, -0.2) is 0 Å². The van der Waals surface area contributed by atoms with Crippen LogP contribution in [0.1, 0.15) is 25.3 Å². The summed E-state index contributed by atoms with van der Waals surface area (Å²) >= 11 is 1.85. The first-order valence-electron chi connectivity index (χ1n) is 16.8. The molecule has 1 radical (unpaired) electrons. The fourth-order valence-corrected chi connectivity index (χ4v) is 9.22. The van der Waals surface area contributed by atoms with Gasteiger partial charge in [-0.3, -0.25) is 0 Å². The Balaban J connectivity index is 0.000000233. The van der Waals surface area contributed by atoms with E-state index >= 15 is 0 Å². The van der Waals surface area contributed by atoms with Gasteiger partial charge in [0.15, 0.2) is 0 Å². The number of hydrogen-bond donors (Lipinski definition) is 0. The molecular weight excluding hydrogens is 825 g/mol. The molecule has 251 valence electrons. The van der Waals surface area contributed by atoms with E-state index in [0.717, 1.165) is 22.5 Å². The molecule has 0 spiro atoms. The normalized spacial score (nSPS) is 11.7. The Morgan fingerprint density at radius 2 is 1.35 bits per heavy atom. The monoisotopic (exact) mass is 869 g/mol. The Hall–Kier alpha value is -3.52. The van der Waals surface area contributed by atoms with Crippen LogP contribution in [0.25, 0.3) is 53.8 Å². The molecule has 0 aliphatic carbocycles. The van der Waals surface area contributed by atoms with Crippen LogP contribution < -0.4 is 10.4 Å². The van der Waals surface area contributed by atoms with E-state index in [1.807, 2.05) is 54.1 Å². The Kier molecular flexibility index (Phi) is 11.4. The second-order valence-electron chi connectivity index (χ2n) is 14.8. The van der Waals surface area contributed by atoms with E-state index in [2.05, 4.69) is 148 Å². The summed E-state index contributed by atoms with van der Waals surface area (Å²) in [4.78, 5) is 9.20. The summed E-state index contributed by atoms with van der Waals surface area (Å²) in [6.07, 6.45) is 3.94. The molecule has 0 fully saturated rings. The number of thiophene rings is 1. The number of fused-ring (bicyclic) bond motifs is 3. The number of pyridine rings is 2. The number of benzene rings is 4. The van der Waals surface area contributed by atoms with Crippen LogP contribution >= 0.6 is 11.3 Å². The van der Waals surface area contributed by atoms with Crippen molar-refractivity contribution in [3.63, 3.8) is 0 Å². The van der Waals surface area contributed by atoms with Gasteiger partial charge in [0.05, 0.1) is 16.1 Å². The molecule has 3 heterocycles. The summed E-state index contributed by atoms with van der Waals surface area (Å²) in [6, 6.07) is 43.5. The molecule has 0 atom stereocenters. The second-order valence-corrected chi connectivity index (χ2v) is 26.0. The Morgan fingerprint density at radius 3 is 1.98 bits per heavy atom. The van der Waals surface area contributed by atoms with Crippen LogP contribution in [0.2, 0.25) is 39.3 Å². The molecule has 4 aromatic carbocycles. The van der Waals surface area contributed by atoms with Crippen molar-refractivity contribution >= 4 is 58.0 Å². The van der Waals surface area contributed by atoms with E-state index in [1.165, 1.54) is 47.2 Å². The van der Waals surface area contributed by atoms with Gasteiger partial charge in [-0.1, -0.05) is 124 Å². The summed E-state index contributed by atoms with van der Waals surface area (Å²) in [5.74, 6) is 0.480. The zero-order chi connectivity index (χ0) is 34.1. The van der Waals surface area contributed by atoms with Crippen molar-refractivity contribution in [1.29, 1.82) is 0 Å². The van der Waals surface area contributed by atoms with E-state index in [1.54, 1.807) is 0 Å². The summed E-state index contributed by atoms with van der Waals surface area (Å²) in [5, 5.41) is 5.49. The molecule has 0 saturated carbocycles. The quantitative estimate of drug-likeness (QED) is 0.123. The summed E-state index contributed by atoms with van der Waals surface area (Å²) in [5.41, 5.74) is 8.04. The summed E-state index contributed by atoms with van der Waals surface area (Å²) in [6.45, 7) is 18.6. The van der Waals surface area contributed by atoms with E-state index in [9.17, 15) is 0 Å². The third-order valence-corrected chi connectivity index (χ3v) is 14.1. The van der Waals surface area contributed by atoms with Crippen LogP contribution in [0.15, 0.2) is 116 Å². The van der Waals surface area contributed by atoms with Gasteiger partial charge < -0.3 is 9.97 Å². The minimum Gasteiger partial charge on any atom is -0.305 e. The van der Waals surface area contributed by atoms with Gasteiger partial charge in [0.25, 0.3) is 0 Å². The van der Waals surface area contributed by atoms with Crippen molar-refractivity contribution in [3.8, 4) is 33.6 Å². The van der Waals surface area contributed by atoms with Crippen molar-refractivity contribution in [2.75, 3.05) is 0 Å². The molecule has 0 aliphatic rings. The summed E-state index contributed by atoms with van der Waals surface area (Å²) in [7, 11) is -2.51. The van der Waals surface area contributed by atoms with E-state index < -0.39 is 16.1 Å². The third-order valence-electron chi connectivity index (χ3n) is 8.84. The standard InChI is InChI=1S/C29H28NSSi.C14H16NSi.Ir/c1-19(2)21-15-16-30-27(17-21)26-8-6-7-25-24-14-11-22(18-28(24)31-29(25)26)20-9-12-23(13-10-20)32(3,4)5;1-16(2,3)13-9-10-14(15-11-13)12-7-5-4-6-8-12;/h6-7,9-19H,1-5H3;4-7,9-11H,1-3H3;/q2*-1;. The van der Waals surface area contributed by atoms with Crippen molar-refractivity contribution in [3.05, 3.63) is 133 Å². The minimum absolute atomic E-state index is 0. The van der Waals surface area contributed by atoms with Crippen LogP contribution in [-0.2, 0) is 20.1 Å². The molecule has 7 aromatic rings. The molecule has 6 heteroatoms. The van der Waals surface area contributed by atoms with E-state index in [4.69, 9.17) is 0 Å². The van der Waals surface area contributed by atoms with Gasteiger partial charge in [0, 0.05) is 37.2 Å². The molecule has 0 amide bonds. The maximum Gasteiger partial charge on any atom is 0.0795 e. The minimum atomic E-state index is -1.28. The molecular formula is C43H44IrN2SSi2-2. The Morgan fingerprint density at radius 1 is 0.633 bits per heavy atom. The smallest absolute Gasteiger partial charge is 0.0795 e. The van der Waals surface area contributed by atoms with Crippen LogP contribution in [0.3, 0.4) is 0 Å². The molecule has 49 heavy (non-hydrogen) atoms. The fourth-order valence-electron chi connectivity index (χ4n) is 5.77. The maximum absolute atomic E-state index is 4.68. The molecule has 0 aliphatic heterocycles. The average molecular weight is 869 g/mol. The predicted molar refractivity (Wildman–Crippen MR) is 215 cm³/mol. The van der Waals surface area contributed by atoms with E-state index in [-0.39, 0.29) is 20.1 Å². The van der Waals surface area contributed by atoms with Crippen LogP contribution in [0.4, 0.5) is 0 Å². The van der Waals surface area contributed by atoms with Gasteiger partial charge in [0.2, 0.25) is 0 Å². The number of nitrogens with zero attached hydrogens (tertiary/aromatic N) is 2. The van der Waals surface area contributed by atoms with Crippen molar-refractivity contribution in [2.45, 2.75) is 59.0 Å². The molecule has 2 nitrogen and oxygen atoms in total. The molecule has 0 bridgehead atoms. The third kappa shape index (κ3) is 8.45. The Bertz CT molecular complexity index is 2160. The fraction of sp³-hybridized carbons (Fsp3) is 0.209. The molecule has 0 saturated heterocycles. The molecule has 0 unspecified atom stereocenters.